The number of rotatable bonds is 4. The standard InChI is InChI=1S/C24H29N3S/c1-27(18-12-6-3-7-13-18)23-22-19-14-8-9-15-20(19)28-24(22)26-21(25-23)16-17-10-4-2-5-11-17/h2,4-5,10-11,18H,3,6-9,12-16H2,1H3. The average Bonchev–Trinajstić information content (AvgIpc) is 3.12. The van der Waals surface area contributed by atoms with E-state index < -0.39 is 0 Å². The highest BCUT2D eigenvalue weighted by Crippen LogP contribution is 2.41. The van der Waals surface area contributed by atoms with Gasteiger partial charge in [-0.25, -0.2) is 9.97 Å². The largest absolute Gasteiger partial charge is 0.356 e. The van der Waals surface area contributed by atoms with E-state index in [-0.39, 0.29) is 0 Å². The zero-order valence-electron chi connectivity index (χ0n) is 16.8. The van der Waals surface area contributed by atoms with Crippen molar-refractivity contribution in [3.8, 4) is 0 Å². The molecule has 4 heteroatoms. The predicted molar refractivity (Wildman–Crippen MR) is 119 cm³/mol. The fourth-order valence-electron chi connectivity index (χ4n) is 4.94. The Morgan fingerprint density at radius 3 is 2.57 bits per heavy atom. The van der Waals surface area contributed by atoms with Crippen molar-refractivity contribution in [2.45, 2.75) is 70.3 Å². The van der Waals surface area contributed by atoms with Gasteiger partial charge in [0.2, 0.25) is 0 Å². The quantitative estimate of drug-likeness (QED) is 0.552. The van der Waals surface area contributed by atoms with Crippen molar-refractivity contribution < 1.29 is 0 Å². The molecule has 0 amide bonds. The van der Waals surface area contributed by atoms with Crippen LogP contribution in [0, 0.1) is 0 Å². The van der Waals surface area contributed by atoms with Gasteiger partial charge in [-0.15, -0.1) is 11.3 Å². The second-order valence-corrected chi connectivity index (χ2v) is 9.50. The minimum absolute atomic E-state index is 0.621. The molecule has 0 N–H and O–H groups in total. The Labute approximate surface area is 171 Å². The van der Waals surface area contributed by atoms with Crippen LogP contribution in [0.3, 0.4) is 0 Å². The second kappa shape index (κ2) is 7.82. The summed E-state index contributed by atoms with van der Waals surface area (Å²) in [5, 5.41) is 1.37. The maximum absolute atomic E-state index is 5.17. The van der Waals surface area contributed by atoms with Crippen molar-refractivity contribution >= 4 is 27.4 Å². The Morgan fingerprint density at radius 2 is 1.75 bits per heavy atom. The normalized spacial score (nSPS) is 17.6. The lowest BCUT2D eigenvalue weighted by Gasteiger charge is -2.33. The van der Waals surface area contributed by atoms with Crippen molar-refractivity contribution in [3.05, 3.63) is 52.2 Å². The smallest absolute Gasteiger partial charge is 0.141 e. The van der Waals surface area contributed by atoms with Crippen LogP contribution in [0.4, 0.5) is 5.82 Å². The Bertz CT molecular complexity index is 957. The first kappa shape index (κ1) is 18.1. The van der Waals surface area contributed by atoms with Gasteiger partial charge in [0, 0.05) is 24.4 Å². The van der Waals surface area contributed by atoms with E-state index in [1.165, 1.54) is 79.4 Å². The molecule has 146 valence electrons. The molecule has 28 heavy (non-hydrogen) atoms. The van der Waals surface area contributed by atoms with Crippen LogP contribution in [-0.4, -0.2) is 23.1 Å². The molecule has 0 saturated heterocycles. The number of anilines is 1. The van der Waals surface area contributed by atoms with Crippen LogP contribution < -0.4 is 4.90 Å². The number of hydrogen-bond donors (Lipinski definition) is 0. The minimum Gasteiger partial charge on any atom is -0.356 e. The molecule has 3 aromatic rings. The average molecular weight is 392 g/mol. The third-order valence-corrected chi connectivity index (χ3v) is 7.69. The lowest BCUT2D eigenvalue weighted by molar-refractivity contribution is 0.426. The summed E-state index contributed by atoms with van der Waals surface area (Å²) >= 11 is 1.92. The molecule has 0 aliphatic heterocycles. The number of hydrogen-bond acceptors (Lipinski definition) is 4. The SMILES string of the molecule is CN(c1nc(Cc2ccccc2)nc2sc3c(c12)CCCC3)C1CCCCC1. The van der Waals surface area contributed by atoms with Gasteiger partial charge in [0.1, 0.15) is 16.5 Å². The zero-order valence-corrected chi connectivity index (χ0v) is 17.6. The molecule has 0 radical (unpaired) electrons. The molecule has 2 aromatic heterocycles. The van der Waals surface area contributed by atoms with E-state index >= 15 is 0 Å². The molecule has 1 aromatic carbocycles. The second-order valence-electron chi connectivity index (χ2n) is 8.42. The summed E-state index contributed by atoms with van der Waals surface area (Å²) in [5.74, 6) is 2.16. The molecule has 0 unspecified atom stereocenters. The lowest BCUT2D eigenvalue weighted by Crippen LogP contribution is -2.34. The summed E-state index contributed by atoms with van der Waals surface area (Å²) in [7, 11) is 2.27. The third-order valence-electron chi connectivity index (χ3n) is 6.50. The number of fused-ring (bicyclic) bond motifs is 3. The van der Waals surface area contributed by atoms with Crippen molar-refractivity contribution in [2.24, 2.45) is 0 Å². The van der Waals surface area contributed by atoms with E-state index in [2.05, 4.69) is 42.3 Å². The molecule has 0 spiro atoms. The molecule has 2 aliphatic carbocycles. The maximum atomic E-state index is 5.17. The van der Waals surface area contributed by atoms with Crippen molar-refractivity contribution in [1.29, 1.82) is 0 Å². The number of thiophene rings is 1. The molecular weight excluding hydrogens is 362 g/mol. The van der Waals surface area contributed by atoms with Crippen LogP contribution in [0.15, 0.2) is 30.3 Å². The number of aryl methyl sites for hydroxylation is 2. The van der Waals surface area contributed by atoms with Crippen LogP contribution in [0.2, 0.25) is 0 Å². The molecule has 5 rings (SSSR count). The van der Waals surface area contributed by atoms with E-state index in [9.17, 15) is 0 Å². The fraction of sp³-hybridized carbons (Fsp3) is 0.500. The summed E-state index contributed by atoms with van der Waals surface area (Å²) in [5.41, 5.74) is 2.84. The van der Waals surface area contributed by atoms with Gasteiger partial charge in [-0.1, -0.05) is 49.6 Å². The summed E-state index contributed by atoms with van der Waals surface area (Å²) < 4.78 is 0. The van der Waals surface area contributed by atoms with Gasteiger partial charge in [0.25, 0.3) is 0 Å². The summed E-state index contributed by atoms with van der Waals surface area (Å²) in [6.45, 7) is 0. The first-order valence-electron chi connectivity index (χ1n) is 10.9. The van der Waals surface area contributed by atoms with Gasteiger partial charge in [-0.3, -0.25) is 0 Å². The van der Waals surface area contributed by atoms with E-state index in [0.717, 1.165) is 12.2 Å². The number of aromatic nitrogens is 2. The monoisotopic (exact) mass is 391 g/mol. The first-order valence-corrected chi connectivity index (χ1v) is 11.7. The molecule has 3 nitrogen and oxygen atoms in total. The summed E-state index contributed by atoms with van der Waals surface area (Å²) in [6, 6.07) is 11.3. The van der Waals surface area contributed by atoms with Crippen molar-refractivity contribution in [3.63, 3.8) is 0 Å². The van der Waals surface area contributed by atoms with E-state index in [1.54, 1.807) is 10.4 Å². The van der Waals surface area contributed by atoms with Crippen molar-refractivity contribution in [2.75, 3.05) is 11.9 Å². The predicted octanol–water partition coefficient (Wildman–Crippen LogP) is 5.93. The molecule has 2 heterocycles. The van der Waals surface area contributed by atoms with Crippen LogP contribution in [-0.2, 0) is 19.3 Å². The number of benzene rings is 1. The molecule has 0 bridgehead atoms. The third kappa shape index (κ3) is 3.43. The topological polar surface area (TPSA) is 29.0 Å². The van der Waals surface area contributed by atoms with Crippen LogP contribution in [0.25, 0.3) is 10.2 Å². The lowest BCUT2D eigenvalue weighted by atomic mass is 9.93. The summed E-state index contributed by atoms with van der Waals surface area (Å²) in [4.78, 5) is 15.5. The van der Waals surface area contributed by atoms with Gasteiger partial charge < -0.3 is 4.90 Å². The molecule has 1 fully saturated rings. The fourth-order valence-corrected chi connectivity index (χ4v) is 6.21. The Hall–Kier alpha value is -1.94. The Balaban J connectivity index is 1.60. The van der Waals surface area contributed by atoms with Gasteiger partial charge in [-0.05, 0) is 49.7 Å². The van der Waals surface area contributed by atoms with Gasteiger partial charge in [-0.2, -0.15) is 0 Å². The van der Waals surface area contributed by atoms with Crippen LogP contribution in [0.1, 0.15) is 66.8 Å². The highest BCUT2D eigenvalue weighted by molar-refractivity contribution is 7.19. The highest BCUT2D eigenvalue weighted by atomic mass is 32.1. The van der Waals surface area contributed by atoms with E-state index in [0.29, 0.717) is 6.04 Å². The van der Waals surface area contributed by atoms with Crippen LogP contribution in [0.5, 0.6) is 0 Å². The first-order chi connectivity index (χ1) is 13.8. The van der Waals surface area contributed by atoms with Gasteiger partial charge >= 0.3 is 0 Å². The van der Waals surface area contributed by atoms with Crippen molar-refractivity contribution in [1.82, 2.24) is 9.97 Å². The highest BCUT2D eigenvalue weighted by Gasteiger charge is 2.26. The summed E-state index contributed by atoms with van der Waals surface area (Å²) in [6.07, 6.45) is 12.5. The van der Waals surface area contributed by atoms with E-state index in [1.807, 2.05) is 11.3 Å². The molecule has 0 atom stereocenters. The molecular formula is C24H29N3S. The van der Waals surface area contributed by atoms with Gasteiger partial charge in [0.15, 0.2) is 0 Å². The number of nitrogens with zero attached hydrogens (tertiary/aromatic N) is 3. The molecule has 2 aliphatic rings. The Kier molecular flexibility index (Phi) is 5.06. The minimum atomic E-state index is 0.621. The maximum Gasteiger partial charge on any atom is 0.141 e. The Morgan fingerprint density at radius 1 is 0.964 bits per heavy atom. The zero-order chi connectivity index (χ0) is 18.9. The van der Waals surface area contributed by atoms with Crippen LogP contribution >= 0.6 is 11.3 Å². The van der Waals surface area contributed by atoms with Gasteiger partial charge in [0.05, 0.1) is 5.39 Å². The van der Waals surface area contributed by atoms with E-state index in [4.69, 9.17) is 9.97 Å². The molecule has 1 saturated carbocycles.